The van der Waals surface area contributed by atoms with Crippen molar-refractivity contribution in [3.8, 4) is 0 Å². The van der Waals surface area contributed by atoms with Gasteiger partial charge in [0.2, 0.25) is 0 Å². The first-order chi connectivity index (χ1) is 14.2. The van der Waals surface area contributed by atoms with E-state index in [-0.39, 0.29) is 17.4 Å². The molecule has 0 bridgehead atoms. The van der Waals surface area contributed by atoms with E-state index in [0.717, 1.165) is 11.3 Å². The highest BCUT2D eigenvalue weighted by Gasteiger charge is 2.32. The van der Waals surface area contributed by atoms with Gasteiger partial charge in [0.15, 0.2) is 11.0 Å². The van der Waals surface area contributed by atoms with E-state index in [1.54, 1.807) is 23.1 Å². The number of amidine groups is 1. The smallest absolute Gasteiger partial charge is 0.283 e. The predicted octanol–water partition coefficient (Wildman–Crippen LogP) is 5.05. The maximum atomic E-state index is 13.1. The number of carbonyl (C=O) groups excluding carboxylic acids is 2. The van der Waals surface area contributed by atoms with Crippen molar-refractivity contribution in [1.82, 2.24) is 0 Å². The van der Waals surface area contributed by atoms with Gasteiger partial charge in [-0.1, -0.05) is 90.6 Å². The highest BCUT2D eigenvalue weighted by molar-refractivity contribution is 8.14. The lowest BCUT2D eigenvalue weighted by molar-refractivity contribution is -0.113. The molecule has 0 atom stereocenters. The Labute approximate surface area is 173 Å². The molecule has 0 saturated carbocycles. The van der Waals surface area contributed by atoms with Gasteiger partial charge in [-0.15, -0.1) is 0 Å². The summed E-state index contributed by atoms with van der Waals surface area (Å²) in [5.74, 6) is 0.00639. The van der Waals surface area contributed by atoms with Gasteiger partial charge >= 0.3 is 0 Å². The van der Waals surface area contributed by atoms with E-state index in [0.29, 0.717) is 16.4 Å². The summed E-state index contributed by atoms with van der Waals surface area (Å²) in [5, 5.41) is 0.507. The molecule has 142 valence electrons. The van der Waals surface area contributed by atoms with E-state index in [1.165, 1.54) is 11.8 Å². The van der Waals surface area contributed by atoms with Crippen molar-refractivity contribution < 1.29 is 9.59 Å². The van der Waals surface area contributed by atoms with E-state index in [4.69, 9.17) is 0 Å². The van der Waals surface area contributed by atoms with Gasteiger partial charge in [-0.3, -0.25) is 14.5 Å². The summed E-state index contributed by atoms with van der Waals surface area (Å²) in [5.41, 5.74) is 2.64. The predicted molar refractivity (Wildman–Crippen MR) is 119 cm³/mol. The molecule has 4 nitrogen and oxygen atoms in total. The zero-order chi connectivity index (χ0) is 20.1. The molecule has 1 aliphatic rings. The van der Waals surface area contributed by atoms with Crippen LogP contribution in [0, 0.1) is 0 Å². The van der Waals surface area contributed by atoms with Crippen LogP contribution in [0.5, 0.6) is 0 Å². The largest absolute Gasteiger partial charge is 0.293 e. The van der Waals surface area contributed by atoms with Crippen LogP contribution in [0.2, 0.25) is 0 Å². The van der Waals surface area contributed by atoms with E-state index >= 15 is 0 Å². The second-order valence-corrected chi connectivity index (χ2v) is 7.33. The fourth-order valence-electron chi connectivity index (χ4n) is 2.94. The number of anilines is 1. The third-order valence-electron chi connectivity index (χ3n) is 4.38. The molecule has 29 heavy (non-hydrogen) atoms. The minimum atomic E-state index is -0.199. The monoisotopic (exact) mass is 398 g/mol. The maximum Gasteiger partial charge on any atom is 0.283 e. The maximum absolute atomic E-state index is 13.1. The Balaban J connectivity index is 1.62. The number of amides is 1. The second kappa shape index (κ2) is 8.71. The first-order valence-corrected chi connectivity index (χ1v) is 10.2. The van der Waals surface area contributed by atoms with Gasteiger partial charge < -0.3 is 0 Å². The molecular formula is C24H18N2O2S. The van der Waals surface area contributed by atoms with Gasteiger partial charge in [-0.25, -0.2) is 4.99 Å². The molecule has 0 fully saturated rings. The lowest BCUT2D eigenvalue weighted by atomic mass is 10.2. The van der Waals surface area contributed by atoms with E-state index < -0.39 is 0 Å². The summed E-state index contributed by atoms with van der Waals surface area (Å²) in [4.78, 5) is 31.7. The zero-order valence-corrected chi connectivity index (χ0v) is 16.4. The molecule has 1 aliphatic heterocycles. The molecule has 0 unspecified atom stereocenters. The summed E-state index contributed by atoms with van der Waals surface area (Å²) in [6, 6.07) is 28.1. The Morgan fingerprint density at radius 1 is 0.862 bits per heavy atom. The molecule has 3 aromatic rings. The number of para-hydroxylation sites is 1. The van der Waals surface area contributed by atoms with Crippen LogP contribution in [0.25, 0.3) is 6.08 Å². The lowest BCUT2D eigenvalue weighted by Gasteiger charge is -2.17. The van der Waals surface area contributed by atoms with Crippen LogP contribution in [0.4, 0.5) is 5.69 Å². The fourth-order valence-corrected chi connectivity index (χ4v) is 3.85. The first-order valence-electron chi connectivity index (χ1n) is 9.18. The van der Waals surface area contributed by atoms with Crippen LogP contribution in [0.3, 0.4) is 0 Å². The number of ketones is 1. The Hall–Kier alpha value is -3.44. The molecule has 0 aromatic heterocycles. The fraction of sp³-hybridized carbons (Fsp3) is 0.0417. The summed E-state index contributed by atoms with van der Waals surface area (Å²) in [6.07, 6.45) is 1.77. The number of thioether (sulfide) groups is 1. The Kier molecular flexibility index (Phi) is 5.68. The van der Waals surface area contributed by atoms with Crippen molar-refractivity contribution in [1.29, 1.82) is 0 Å². The van der Waals surface area contributed by atoms with Gasteiger partial charge in [0.25, 0.3) is 5.91 Å². The number of benzene rings is 3. The van der Waals surface area contributed by atoms with Crippen LogP contribution in [-0.4, -0.2) is 22.6 Å². The third-order valence-corrected chi connectivity index (χ3v) is 5.31. The van der Waals surface area contributed by atoms with Crippen LogP contribution in [-0.2, 0) is 4.79 Å². The minimum absolute atomic E-state index is 0.000695. The van der Waals surface area contributed by atoms with Crippen LogP contribution in [0.1, 0.15) is 15.9 Å². The molecule has 5 heteroatoms. The molecular weight excluding hydrogens is 380 g/mol. The van der Waals surface area contributed by atoms with Crippen molar-refractivity contribution in [2.75, 3.05) is 10.7 Å². The SMILES string of the molecule is O=C(CSC1=NC(=Cc2ccccc2)C(=O)N1c1ccccc1)c1ccccc1. The number of carbonyl (C=O) groups is 2. The highest BCUT2D eigenvalue weighted by Crippen LogP contribution is 2.29. The number of Topliss-reactive ketones (excluding diaryl/α,β-unsaturated/α-hetero) is 1. The molecule has 1 amide bonds. The van der Waals surface area contributed by atoms with Gasteiger partial charge in [-0.2, -0.15) is 0 Å². The molecule has 3 aromatic carbocycles. The summed E-state index contributed by atoms with van der Waals surface area (Å²) < 4.78 is 0. The number of rotatable bonds is 5. The molecule has 0 spiro atoms. The van der Waals surface area contributed by atoms with Crippen molar-refractivity contribution in [3.63, 3.8) is 0 Å². The van der Waals surface area contributed by atoms with Crippen molar-refractivity contribution in [3.05, 3.63) is 108 Å². The average Bonchev–Trinajstić information content (AvgIpc) is 3.09. The van der Waals surface area contributed by atoms with Gasteiger partial charge in [0, 0.05) is 5.56 Å². The molecule has 0 aliphatic carbocycles. The van der Waals surface area contributed by atoms with Gasteiger partial charge in [-0.05, 0) is 23.8 Å². The summed E-state index contributed by atoms with van der Waals surface area (Å²) in [6.45, 7) is 0. The number of nitrogens with zero attached hydrogens (tertiary/aromatic N) is 2. The average molecular weight is 398 g/mol. The van der Waals surface area contributed by atoms with Crippen LogP contribution >= 0.6 is 11.8 Å². The van der Waals surface area contributed by atoms with Crippen molar-refractivity contribution in [2.24, 2.45) is 4.99 Å². The summed E-state index contributed by atoms with van der Waals surface area (Å²) in [7, 11) is 0. The Bertz CT molecular complexity index is 1080. The van der Waals surface area contributed by atoms with Crippen molar-refractivity contribution in [2.45, 2.75) is 0 Å². The van der Waals surface area contributed by atoms with E-state index in [1.807, 2.05) is 78.9 Å². The van der Waals surface area contributed by atoms with Gasteiger partial charge in [0.1, 0.15) is 5.70 Å². The standard InChI is InChI=1S/C24H18N2O2S/c27-22(19-12-6-2-7-13-19)17-29-24-25-21(16-18-10-4-1-5-11-18)23(28)26(24)20-14-8-3-9-15-20/h1-16H,17H2. The number of hydrogen-bond acceptors (Lipinski definition) is 4. The molecule has 0 saturated heterocycles. The molecule has 0 N–H and O–H groups in total. The van der Waals surface area contributed by atoms with Crippen LogP contribution < -0.4 is 4.90 Å². The molecule has 1 heterocycles. The first kappa shape index (κ1) is 18.9. The molecule has 4 rings (SSSR count). The van der Waals surface area contributed by atoms with E-state index in [2.05, 4.69) is 4.99 Å². The quantitative estimate of drug-likeness (QED) is 0.447. The summed E-state index contributed by atoms with van der Waals surface area (Å²) >= 11 is 1.27. The van der Waals surface area contributed by atoms with Gasteiger partial charge in [0.05, 0.1) is 11.4 Å². The lowest BCUT2D eigenvalue weighted by Crippen LogP contribution is -2.30. The topological polar surface area (TPSA) is 49.7 Å². The number of aliphatic imine (C=N–C) groups is 1. The minimum Gasteiger partial charge on any atom is -0.293 e. The van der Waals surface area contributed by atoms with Crippen LogP contribution in [0.15, 0.2) is 102 Å². The number of hydrogen-bond donors (Lipinski definition) is 0. The van der Waals surface area contributed by atoms with Crippen molar-refractivity contribution >= 4 is 40.4 Å². The Morgan fingerprint density at radius 2 is 1.45 bits per heavy atom. The molecule has 0 radical (unpaired) electrons. The Morgan fingerprint density at radius 3 is 2.10 bits per heavy atom. The zero-order valence-electron chi connectivity index (χ0n) is 15.6. The third kappa shape index (κ3) is 4.36. The van der Waals surface area contributed by atoms with E-state index in [9.17, 15) is 9.59 Å². The highest BCUT2D eigenvalue weighted by atomic mass is 32.2. The normalized spacial score (nSPS) is 14.9. The second-order valence-electron chi connectivity index (χ2n) is 6.39.